The van der Waals surface area contributed by atoms with Gasteiger partial charge in [0.2, 0.25) is 0 Å². The minimum atomic E-state index is -0.670. The second kappa shape index (κ2) is 10.7. The van der Waals surface area contributed by atoms with E-state index in [1.165, 1.54) is 25.0 Å². The van der Waals surface area contributed by atoms with Crippen molar-refractivity contribution in [3.63, 3.8) is 0 Å². The highest BCUT2D eigenvalue weighted by molar-refractivity contribution is 7.23. The summed E-state index contributed by atoms with van der Waals surface area (Å²) in [4.78, 5) is 18.9. The van der Waals surface area contributed by atoms with E-state index in [2.05, 4.69) is 31.2 Å². The summed E-state index contributed by atoms with van der Waals surface area (Å²) in [7, 11) is 0. The van der Waals surface area contributed by atoms with E-state index in [1.54, 1.807) is 6.20 Å². The van der Waals surface area contributed by atoms with Crippen LogP contribution in [0.5, 0.6) is 6.01 Å². The Morgan fingerprint density at radius 1 is 1.11 bits per heavy atom. The molecule has 9 rings (SSSR count). The molecule has 4 unspecified atom stereocenters. The van der Waals surface area contributed by atoms with Crippen LogP contribution < -0.4 is 20.7 Å². The number of halogens is 2. The molecule has 0 radical (unpaired) electrons. The Balaban J connectivity index is 1.11. The van der Waals surface area contributed by atoms with Crippen molar-refractivity contribution in [1.29, 1.82) is 5.26 Å². The maximum absolute atomic E-state index is 16.7. The van der Waals surface area contributed by atoms with Crippen molar-refractivity contribution in [2.45, 2.75) is 62.7 Å². The summed E-state index contributed by atoms with van der Waals surface area (Å²) < 4.78 is 43.9. The van der Waals surface area contributed by atoms with Crippen molar-refractivity contribution in [2.75, 3.05) is 50.1 Å². The SMILES string of the molecule is N#Cc1c(N)sc2c(F)ccc(-c3ncc4c(N5CC6CCC(C5)N6)nc(OCC5(CN6C7CCC6COC7)CC5)nc4c3F)c12. The van der Waals surface area contributed by atoms with Crippen LogP contribution in [0.15, 0.2) is 18.3 Å². The minimum absolute atomic E-state index is 0.0239. The van der Waals surface area contributed by atoms with Crippen LogP contribution >= 0.6 is 11.3 Å². The monoisotopic (exact) mass is 644 g/mol. The Morgan fingerprint density at radius 2 is 1.87 bits per heavy atom. The number of nitrogen functional groups attached to an aromatic ring is 1. The fraction of sp³-hybridized carbons (Fsp3) is 0.515. The summed E-state index contributed by atoms with van der Waals surface area (Å²) in [5.74, 6) is -0.586. The molecule has 1 aromatic carbocycles. The molecular formula is C33H34F2N8O2S. The van der Waals surface area contributed by atoms with E-state index in [0.717, 1.165) is 69.9 Å². The normalized spacial score (nSPS) is 26.6. The fourth-order valence-electron chi connectivity index (χ4n) is 8.08. The first-order chi connectivity index (χ1) is 22.4. The zero-order valence-corrected chi connectivity index (χ0v) is 26.1. The highest BCUT2D eigenvalue weighted by Crippen LogP contribution is 2.49. The quantitative estimate of drug-likeness (QED) is 0.295. The van der Waals surface area contributed by atoms with Gasteiger partial charge in [-0.2, -0.15) is 15.2 Å². The van der Waals surface area contributed by atoms with Gasteiger partial charge in [-0.25, -0.2) is 8.78 Å². The Kier molecular flexibility index (Phi) is 6.61. The van der Waals surface area contributed by atoms with Gasteiger partial charge in [0, 0.05) is 66.4 Å². The Labute approximate surface area is 268 Å². The Morgan fingerprint density at radius 3 is 2.59 bits per heavy atom. The lowest BCUT2D eigenvalue weighted by Crippen LogP contribution is -2.51. The number of thiophene rings is 1. The first-order valence-electron chi connectivity index (χ1n) is 16.1. The van der Waals surface area contributed by atoms with Crippen molar-refractivity contribution < 1.29 is 18.3 Å². The average Bonchev–Trinajstić information content (AvgIpc) is 3.56. The van der Waals surface area contributed by atoms with Gasteiger partial charge in [-0.1, -0.05) is 0 Å². The van der Waals surface area contributed by atoms with Crippen molar-refractivity contribution in [1.82, 2.24) is 25.2 Å². The van der Waals surface area contributed by atoms with Crippen molar-refractivity contribution in [2.24, 2.45) is 5.41 Å². The molecule has 238 valence electrons. The molecule has 10 nitrogen and oxygen atoms in total. The van der Waals surface area contributed by atoms with E-state index in [-0.39, 0.29) is 43.3 Å². The summed E-state index contributed by atoms with van der Waals surface area (Å²) in [6.45, 7) is 4.49. The smallest absolute Gasteiger partial charge is 0.319 e. The third kappa shape index (κ3) is 4.60. The molecule has 4 aromatic rings. The molecule has 3 N–H and O–H groups in total. The summed E-state index contributed by atoms with van der Waals surface area (Å²) >= 11 is 0.971. The van der Waals surface area contributed by atoms with Crippen molar-refractivity contribution >= 4 is 43.1 Å². The summed E-state index contributed by atoms with van der Waals surface area (Å²) in [5, 5.41) is 14.4. The molecule has 5 fully saturated rings. The van der Waals surface area contributed by atoms with E-state index in [1.807, 2.05) is 0 Å². The van der Waals surface area contributed by atoms with Gasteiger partial charge < -0.3 is 25.4 Å². The van der Waals surface area contributed by atoms with Crippen molar-refractivity contribution in [3.8, 4) is 23.3 Å². The van der Waals surface area contributed by atoms with Gasteiger partial charge in [-0.05, 0) is 50.7 Å². The Bertz CT molecular complexity index is 1900. The van der Waals surface area contributed by atoms with Crippen LogP contribution in [0.25, 0.3) is 32.2 Å². The predicted octanol–water partition coefficient (Wildman–Crippen LogP) is 4.60. The second-order valence-corrected chi connectivity index (χ2v) is 14.7. The molecule has 0 spiro atoms. The van der Waals surface area contributed by atoms with E-state index in [9.17, 15) is 9.65 Å². The topological polar surface area (TPSA) is 125 Å². The van der Waals surface area contributed by atoms with Gasteiger partial charge in [0.15, 0.2) is 5.82 Å². The number of fused-ring (bicyclic) bond motifs is 6. The maximum Gasteiger partial charge on any atom is 0.319 e. The van der Waals surface area contributed by atoms with Gasteiger partial charge in [0.1, 0.15) is 33.9 Å². The average molecular weight is 645 g/mol. The third-order valence-electron chi connectivity index (χ3n) is 10.7. The molecule has 1 saturated carbocycles. The first-order valence-corrected chi connectivity index (χ1v) is 17.0. The minimum Gasteiger partial charge on any atom is -0.463 e. The van der Waals surface area contributed by atoms with Gasteiger partial charge in [0.05, 0.1) is 35.5 Å². The predicted molar refractivity (Wildman–Crippen MR) is 171 cm³/mol. The number of pyridine rings is 1. The zero-order chi connectivity index (χ0) is 31.2. The molecule has 13 heteroatoms. The van der Waals surface area contributed by atoms with Crippen LogP contribution in [0.3, 0.4) is 0 Å². The molecule has 7 heterocycles. The number of piperazine rings is 1. The molecule has 4 aliphatic heterocycles. The van der Waals surface area contributed by atoms with Crippen LogP contribution in [0.1, 0.15) is 44.1 Å². The number of anilines is 2. The van der Waals surface area contributed by atoms with Crippen LogP contribution in [-0.4, -0.2) is 83.5 Å². The molecule has 4 bridgehead atoms. The van der Waals surface area contributed by atoms with E-state index >= 15 is 4.39 Å². The van der Waals surface area contributed by atoms with Crippen LogP contribution in [-0.2, 0) is 4.74 Å². The van der Waals surface area contributed by atoms with Gasteiger partial charge in [-0.3, -0.25) is 9.88 Å². The number of hydrogen-bond donors (Lipinski definition) is 2. The number of aromatic nitrogens is 3. The number of ether oxygens (including phenoxy) is 2. The van der Waals surface area contributed by atoms with E-state index < -0.39 is 11.6 Å². The van der Waals surface area contributed by atoms with E-state index in [0.29, 0.717) is 47.5 Å². The zero-order valence-electron chi connectivity index (χ0n) is 25.3. The largest absolute Gasteiger partial charge is 0.463 e. The number of hydrogen-bond acceptors (Lipinski definition) is 11. The molecule has 46 heavy (non-hydrogen) atoms. The number of morpholine rings is 1. The summed E-state index contributed by atoms with van der Waals surface area (Å²) in [6, 6.07) is 6.53. The molecule has 5 aliphatic rings. The van der Waals surface area contributed by atoms with Crippen LogP contribution in [0.2, 0.25) is 0 Å². The first kappa shape index (κ1) is 28.5. The molecule has 1 aliphatic carbocycles. The lowest BCUT2D eigenvalue weighted by molar-refractivity contribution is -0.0271. The number of nitrogens with zero attached hydrogens (tertiary/aromatic N) is 6. The maximum atomic E-state index is 16.7. The van der Waals surface area contributed by atoms with Gasteiger partial charge in [-0.15, -0.1) is 11.3 Å². The van der Waals surface area contributed by atoms with Crippen molar-refractivity contribution in [3.05, 3.63) is 35.5 Å². The summed E-state index contributed by atoms with van der Waals surface area (Å²) in [5.41, 5.74) is 6.57. The molecule has 0 amide bonds. The lowest BCUT2D eigenvalue weighted by Gasteiger charge is -2.37. The number of rotatable bonds is 7. The molecule has 4 saturated heterocycles. The van der Waals surface area contributed by atoms with E-state index in [4.69, 9.17) is 20.2 Å². The standard InChI is InChI=1S/C33H34F2N8O2S/c34-24-6-5-21(25-22(9-36)30(37)46-29(24)25)27-26(35)28-23(10-38-27)31(42-11-17-1-2-18(12-42)39-17)41-32(40-28)45-16-33(7-8-33)15-43-19-3-4-20(43)14-44-13-19/h5-6,10,17-20,39H,1-4,7-8,11-16,37H2. The number of nitrogens with one attached hydrogen (secondary N) is 1. The highest BCUT2D eigenvalue weighted by Gasteiger charge is 2.49. The second-order valence-electron chi connectivity index (χ2n) is 13.7. The number of nitrogens with two attached hydrogens (primary N) is 1. The fourth-order valence-corrected chi connectivity index (χ4v) is 9.03. The number of nitriles is 1. The lowest BCUT2D eigenvalue weighted by atomic mass is 10.0. The third-order valence-corrected chi connectivity index (χ3v) is 11.7. The highest BCUT2D eigenvalue weighted by atomic mass is 32.1. The molecule has 3 aromatic heterocycles. The molecule has 4 atom stereocenters. The van der Waals surface area contributed by atoms with Gasteiger partial charge >= 0.3 is 6.01 Å². The van der Waals surface area contributed by atoms with Gasteiger partial charge in [0.25, 0.3) is 0 Å². The Hall–Kier alpha value is -3.70. The summed E-state index contributed by atoms with van der Waals surface area (Å²) in [6.07, 6.45) is 8.25. The van der Waals surface area contributed by atoms with Crippen LogP contribution in [0, 0.1) is 28.4 Å². The van der Waals surface area contributed by atoms with Crippen LogP contribution in [0.4, 0.5) is 19.6 Å². The number of benzene rings is 1. The molecular weight excluding hydrogens is 610 g/mol.